The topological polar surface area (TPSA) is 257 Å². The van der Waals surface area contributed by atoms with Crippen molar-refractivity contribution in [1.82, 2.24) is 10.6 Å². The molecule has 5 N–H and O–H groups in total. The number of nitrogens with one attached hydrogen (secondary N) is 2. The predicted molar refractivity (Wildman–Crippen MR) is 148 cm³/mol. The Morgan fingerprint density at radius 3 is 1.93 bits per heavy atom. The van der Waals surface area contributed by atoms with E-state index in [2.05, 4.69) is 30.0 Å². The largest absolute Gasteiger partial charge is 0.480 e. The molecule has 0 aliphatic heterocycles. The van der Waals surface area contributed by atoms with Crippen LogP contribution in [-0.4, -0.2) is 72.6 Å². The first-order valence-electron chi connectivity index (χ1n) is 12.6. The van der Waals surface area contributed by atoms with E-state index in [4.69, 9.17) is 15.6 Å². The summed E-state index contributed by atoms with van der Waals surface area (Å²) in [6.07, 6.45) is 0.776. The van der Waals surface area contributed by atoms with Gasteiger partial charge >= 0.3 is 12.1 Å². The van der Waals surface area contributed by atoms with E-state index in [1.165, 1.54) is 12.1 Å². The first kappa shape index (κ1) is 35.5. The Hall–Kier alpha value is -5.52. The number of hydrogen-bond donors (Lipinski definition) is 4. The number of benzene rings is 2. The van der Waals surface area contributed by atoms with Crippen molar-refractivity contribution in [2.75, 3.05) is 26.8 Å². The predicted octanol–water partition coefficient (Wildman–Crippen LogP) is 1.27. The number of guanidine groups is 1. The molecule has 1 atom stereocenters. The van der Waals surface area contributed by atoms with Gasteiger partial charge in [0, 0.05) is 6.54 Å². The zero-order valence-electron chi connectivity index (χ0n) is 23.1. The summed E-state index contributed by atoms with van der Waals surface area (Å²) in [5, 5.41) is 32.1. The molecular weight excluding hydrogens is 576 g/mol. The summed E-state index contributed by atoms with van der Waals surface area (Å²) in [7, 11) is 1.56. The number of carbonyl (C=O) groups is 3. The van der Waals surface area contributed by atoms with Gasteiger partial charge in [-0.15, -0.1) is 20.2 Å². The summed E-state index contributed by atoms with van der Waals surface area (Å²) >= 11 is 0. The van der Waals surface area contributed by atoms with Crippen molar-refractivity contribution in [3.8, 4) is 11.5 Å². The molecule has 0 heterocycles. The van der Waals surface area contributed by atoms with Gasteiger partial charge in [0.05, 0.1) is 0 Å². The molecule has 18 nitrogen and oxygen atoms in total. The van der Waals surface area contributed by atoms with Crippen LogP contribution in [0, 0.1) is 20.2 Å². The molecule has 0 fully saturated rings. The van der Waals surface area contributed by atoms with Gasteiger partial charge in [-0.1, -0.05) is 24.3 Å². The average molecular weight is 609 g/mol. The number of aliphatic imine (C=N–C) groups is 1. The maximum atomic E-state index is 11.8. The van der Waals surface area contributed by atoms with Gasteiger partial charge in [-0.25, -0.2) is 4.79 Å². The van der Waals surface area contributed by atoms with Crippen LogP contribution in [0.4, 0.5) is 4.79 Å². The smallest absolute Gasteiger partial charge is 0.419 e. The summed E-state index contributed by atoms with van der Waals surface area (Å²) in [6, 6.07) is 12.3. The highest BCUT2D eigenvalue weighted by Gasteiger charge is 2.13. The molecule has 0 saturated heterocycles. The molecule has 0 bridgehead atoms. The van der Waals surface area contributed by atoms with Crippen molar-refractivity contribution in [3.05, 3.63) is 79.9 Å². The summed E-state index contributed by atoms with van der Waals surface area (Å²) in [5.41, 5.74) is 7.22. The lowest BCUT2D eigenvalue weighted by atomic mass is 10.1. The number of rotatable bonds is 17. The van der Waals surface area contributed by atoms with Crippen molar-refractivity contribution >= 4 is 24.5 Å². The molecule has 2 rings (SSSR count). The van der Waals surface area contributed by atoms with E-state index in [1.54, 1.807) is 43.4 Å². The molecular formula is C25H32N6O12. The second-order valence-corrected chi connectivity index (χ2v) is 8.22. The van der Waals surface area contributed by atoms with E-state index in [-0.39, 0.29) is 31.5 Å². The molecule has 0 aliphatic carbocycles. The second-order valence-electron chi connectivity index (χ2n) is 8.22. The number of carbonyl (C=O) groups excluding carboxylic acids is 2. The highest BCUT2D eigenvalue weighted by Crippen LogP contribution is 2.13. The van der Waals surface area contributed by atoms with E-state index >= 15 is 0 Å². The fourth-order valence-corrected chi connectivity index (χ4v) is 3.15. The Balaban J connectivity index is 0.000000517. The van der Waals surface area contributed by atoms with Crippen molar-refractivity contribution in [2.45, 2.75) is 31.7 Å². The summed E-state index contributed by atoms with van der Waals surface area (Å²) in [6.45, 7) is 0.534. The number of ether oxygens (including phenoxy) is 2. The van der Waals surface area contributed by atoms with Crippen molar-refractivity contribution in [2.24, 2.45) is 10.7 Å². The van der Waals surface area contributed by atoms with Crippen LogP contribution in [0.1, 0.15) is 24.0 Å². The van der Waals surface area contributed by atoms with Gasteiger partial charge < -0.3 is 35.3 Å². The molecule has 2 aromatic carbocycles. The van der Waals surface area contributed by atoms with Crippen LogP contribution >= 0.6 is 0 Å². The molecule has 0 spiro atoms. The van der Waals surface area contributed by atoms with Gasteiger partial charge in [0.15, 0.2) is 5.96 Å². The summed E-state index contributed by atoms with van der Waals surface area (Å²) < 4.78 is 9.62. The molecule has 0 aliphatic rings. The van der Waals surface area contributed by atoms with Crippen LogP contribution in [0.25, 0.3) is 0 Å². The fraction of sp³-hybridized carbons (Fsp3) is 0.360. The Morgan fingerprint density at radius 1 is 0.977 bits per heavy atom. The van der Waals surface area contributed by atoms with Crippen LogP contribution in [0.5, 0.6) is 11.5 Å². The number of amides is 1. The zero-order chi connectivity index (χ0) is 32.0. The first-order chi connectivity index (χ1) is 20.5. The van der Waals surface area contributed by atoms with Crippen LogP contribution in [0.2, 0.25) is 0 Å². The molecule has 18 heteroatoms. The van der Waals surface area contributed by atoms with Crippen molar-refractivity contribution in [3.63, 3.8) is 0 Å². The first-order valence-corrected chi connectivity index (χ1v) is 12.6. The van der Waals surface area contributed by atoms with Crippen LogP contribution in [0.15, 0.2) is 53.5 Å². The van der Waals surface area contributed by atoms with E-state index in [0.717, 1.165) is 11.1 Å². The van der Waals surface area contributed by atoms with Gasteiger partial charge in [-0.2, -0.15) is 0 Å². The number of nitrogens with zero attached hydrogens (tertiary/aromatic N) is 3. The lowest BCUT2D eigenvalue weighted by Crippen LogP contribution is -2.38. The third-order valence-electron chi connectivity index (χ3n) is 5.23. The van der Waals surface area contributed by atoms with Crippen LogP contribution in [0.3, 0.4) is 0 Å². The van der Waals surface area contributed by atoms with E-state index in [9.17, 15) is 34.6 Å². The van der Waals surface area contributed by atoms with Gasteiger partial charge in [0.25, 0.3) is 16.6 Å². The molecule has 1 unspecified atom stereocenters. The molecule has 0 aromatic heterocycles. The molecule has 234 valence electrons. The minimum Gasteiger partial charge on any atom is -0.480 e. The molecule has 0 radical (unpaired) electrons. The third-order valence-corrected chi connectivity index (χ3v) is 5.23. The minimum atomic E-state index is -0.947. The highest BCUT2D eigenvalue weighted by molar-refractivity contribution is 5.93. The quantitative estimate of drug-likeness (QED) is 0.0492. The summed E-state index contributed by atoms with van der Waals surface area (Å²) in [4.78, 5) is 64.8. The zero-order valence-corrected chi connectivity index (χ0v) is 23.1. The fourth-order valence-electron chi connectivity index (χ4n) is 3.15. The maximum absolute atomic E-state index is 11.8. The second kappa shape index (κ2) is 20.4. The van der Waals surface area contributed by atoms with Gasteiger partial charge in [-0.05, 0) is 68.1 Å². The molecule has 43 heavy (non-hydrogen) atoms. The Morgan fingerprint density at radius 2 is 1.49 bits per heavy atom. The lowest BCUT2D eigenvalue weighted by molar-refractivity contribution is -0.757. The standard InChI is InChI=1S/C16H23N5O7.C9H9NO5/c1-18-13(14(22)23)3-2-9-19-15(17)20-16(24)28-12-6-4-11(5-7-12)8-10-27-21(25)26;11-7-14-9-3-1-8(2-4-9)5-6-15-10(12)13/h4-7,13,18H,2-3,8-10H2,1H3,(H,22,23)(H3,17,19,20,24);1-4,7H,5-6H2. The number of nitrogens with two attached hydrogens (primary N) is 1. The van der Waals surface area contributed by atoms with Crippen molar-refractivity contribution < 1.29 is 48.8 Å². The van der Waals surface area contributed by atoms with Crippen molar-refractivity contribution in [1.29, 1.82) is 0 Å². The SMILES string of the molecule is CNC(CCCN=C(N)NC(=O)Oc1ccc(CCO[N+](=O)[O-])cc1)C(=O)O.O=COc1ccc(CCO[N+](=O)[O-])cc1. The van der Waals surface area contributed by atoms with E-state index in [0.29, 0.717) is 37.9 Å². The molecule has 1 amide bonds. The minimum absolute atomic E-state index is 0.0148. The van der Waals surface area contributed by atoms with Crippen LogP contribution in [-0.2, 0) is 32.1 Å². The van der Waals surface area contributed by atoms with Gasteiger partial charge in [-0.3, -0.25) is 19.9 Å². The van der Waals surface area contributed by atoms with Gasteiger partial charge in [0.1, 0.15) is 30.8 Å². The normalized spacial score (nSPS) is 11.1. The number of aliphatic carboxylic acids is 1. The maximum Gasteiger partial charge on any atom is 0.419 e. The molecule has 0 saturated carbocycles. The highest BCUT2D eigenvalue weighted by atomic mass is 17.0. The number of carboxylic acid groups (broad SMARTS) is 1. The van der Waals surface area contributed by atoms with E-state index < -0.39 is 28.3 Å². The lowest BCUT2D eigenvalue weighted by Gasteiger charge is -2.10. The Bertz CT molecular complexity index is 1210. The number of hydrogen-bond acceptors (Lipinski definition) is 13. The Labute approximate surface area is 245 Å². The van der Waals surface area contributed by atoms with E-state index in [1.807, 2.05) is 0 Å². The van der Waals surface area contributed by atoms with Crippen LogP contribution < -0.4 is 25.8 Å². The Kier molecular flexibility index (Phi) is 16.8. The molecule has 2 aromatic rings. The third kappa shape index (κ3) is 17.0. The number of carboxylic acids is 1. The number of likely N-dealkylation sites (N-methyl/N-ethyl adjacent to an activating group) is 1. The summed E-state index contributed by atoms with van der Waals surface area (Å²) in [5.74, 6) is -0.404. The van der Waals surface area contributed by atoms with Gasteiger partial charge in [0.2, 0.25) is 0 Å². The monoisotopic (exact) mass is 608 g/mol. The average Bonchev–Trinajstić information content (AvgIpc) is 2.95.